The first-order valence-corrected chi connectivity index (χ1v) is 6.67. The molecule has 1 saturated heterocycles. The maximum atomic E-state index is 9.25. The van der Waals surface area contributed by atoms with E-state index in [0.717, 1.165) is 45.3 Å². The van der Waals surface area contributed by atoms with Crippen LogP contribution in [-0.4, -0.2) is 37.5 Å². The summed E-state index contributed by atoms with van der Waals surface area (Å²) in [6.45, 7) is 4.45. The smallest absolute Gasteiger partial charge is 0.109 e. The minimum atomic E-state index is -0.351. The molecule has 96 valence electrons. The molecule has 1 heterocycles. The molecule has 17 heavy (non-hydrogen) atoms. The normalized spacial score (nSPS) is 37.2. The average Bonchev–Trinajstić information content (AvgIpc) is 2.96. The molecule has 2 rings (SSSR count). The fraction of sp³-hybridized carbons (Fsp3) is 0.923. The number of ether oxygens (including phenoxy) is 2. The van der Waals surface area contributed by atoms with Crippen molar-refractivity contribution >= 4 is 0 Å². The van der Waals surface area contributed by atoms with E-state index in [0.29, 0.717) is 6.61 Å². The zero-order chi connectivity index (χ0) is 12.1. The van der Waals surface area contributed by atoms with Gasteiger partial charge in [0.15, 0.2) is 0 Å². The van der Waals surface area contributed by atoms with Crippen molar-refractivity contribution in [3.05, 3.63) is 0 Å². The molecule has 3 unspecified atom stereocenters. The lowest BCUT2D eigenvalue weighted by molar-refractivity contribution is -0.0191. The Morgan fingerprint density at radius 3 is 3.06 bits per heavy atom. The number of rotatable bonds is 5. The summed E-state index contributed by atoms with van der Waals surface area (Å²) >= 11 is 0. The summed E-state index contributed by atoms with van der Waals surface area (Å²) in [5.41, 5.74) is -0.351. The second kappa shape index (κ2) is 5.81. The highest BCUT2D eigenvalue weighted by Gasteiger charge is 2.39. The molecule has 0 bridgehead atoms. The Hall–Kier alpha value is -0.630. The second-order valence-corrected chi connectivity index (χ2v) is 5.06. The van der Waals surface area contributed by atoms with E-state index in [9.17, 15) is 5.26 Å². The Kier molecular flexibility index (Phi) is 4.38. The molecule has 0 amide bonds. The Labute approximate surface area is 103 Å². The molecule has 0 spiro atoms. The van der Waals surface area contributed by atoms with Crippen LogP contribution in [0.2, 0.25) is 0 Å². The molecule has 0 radical (unpaired) electrons. The zero-order valence-corrected chi connectivity index (χ0v) is 10.6. The van der Waals surface area contributed by atoms with Crippen molar-refractivity contribution in [3.63, 3.8) is 0 Å². The summed E-state index contributed by atoms with van der Waals surface area (Å²) < 4.78 is 11.4. The first-order valence-electron chi connectivity index (χ1n) is 6.67. The van der Waals surface area contributed by atoms with Gasteiger partial charge in [-0.3, -0.25) is 5.32 Å². The predicted molar refractivity (Wildman–Crippen MR) is 64.6 cm³/mol. The quantitative estimate of drug-likeness (QED) is 0.790. The van der Waals surface area contributed by atoms with Crippen LogP contribution in [0.15, 0.2) is 0 Å². The van der Waals surface area contributed by atoms with Gasteiger partial charge in [-0.2, -0.15) is 5.26 Å². The van der Waals surface area contributed by atoms with Gasteiger partial charge < -0.3 is 9.47 Å². The van der Waals surface area contributed by atoms with Crippen molar-refractivity contribution in [3.8, 4) is 6.07 Å². The number of hydrogen-bond acceptors (Lipinski definition) is 4. The van der Waals surface area contributed by atoms with Gasteiger partial charge in [0.2, 0.25) is 0 Å². The standard InChI is InChI=1S/C13H22N2O2/c1-2-15-13(10-14)6-5-11(8-13)17-9-12-4-3-7-16-12/h11-12,15H,2-9H2,1H3. The summed E-state index contributed by atoms with van der Waals surface area (Å²) in [6, 6.07) is 2.41. The zero-order valence-electron chi connectivity index (χ0n) is 10.6. The molecular weight excluding hydrogens is 216 g/mol. The molecule has 4 nitrogen and oxygen atoms in total. The Bertz CT molecular complexity index is 284. The lowest BCUT2D eigenvalue weighted by atomic mass is 10.00. The van der Waals surface area contributed by atoms with Crippen LogP contribution in [0, 0.1) is 11.3 Å². The van der Waals surface area contributed by atoms with E-state index in [1.807, 2.05) is 6.92 Å². The fourth-order valence-corrected chi connectivity index (χ4v) is 2.80. The Morgan fingerprint density at radius 2 is 2.41 bits per heavy atom. The topological polar surface area (TPSA) is 54.3 Å². The Balaban J connectivity index is 1.75. The largest absolute Gasteiger partial charge is 0.376 e. The monoisotopic (exact) mass is 238 g/mol. The van der Waals surface area contributed by atoms with E-state index >= 15 is 0 Å². The van der Waals surface area contributed by atoms with Crippen LogP contribution in [-0.2, 0) is 9.47 Å². The molecule has 1 aliphatic heterocycles. The lowest BCUT2D eigenvalue weighted by Crippen LogP contribution is -2.42. The summed E-state index contributed by atoms with van der Waals surface area (Å²) in [6.07, 6.45) is 5.45. The van der Waals surface area contributed by atoms with Crippen LogP contribution in [0.25, 0.3) is 0 Å². The van der Waals surface area contributed by atoms with Crippen molar-refractivity contribution in [2.24, 2.45) is 0 Å². The van der Waals surface area contributed by atoms with Crippen molar-refractivity contribution in [2.45, 2.75) is 56.8 Å². The minimum Gasteiger partial charge on any atom is -0.376 e. The molecule has 1 saturated carbocycles. The maximum absolute atomic E-state index is 9.25. The third-order valence-electron chi connectivity index (χ3n) is 3.74. The number of nitrogens with zero attached hydrogens (tertiary/aromatic N) is 1. The van der Waals surface area contributed by atoms with Crippen molar-refractivity contribution in [1.82, 2.24) is 5.32 Å². The summed E-state index contributed by atoms with van der Waals surface area (Å²) in [7, 11) is 0. The molecular formula is C13H22N2O2. The molecule has 0 aromatic heterocycles. The van der Waals surface area contributed by atoms with Gasteiger partial charge in [0.25, 0.3) is 0 Å². The van der Waals surface area contributed by atoms with Crippen LogP contribution < -0.4 is 5.32 Å². The molecule has 1 N–H and O–H groups in total. The molecule has 2 fully saturated rings. The molecule has 0 aromatic carbocycles. The predicted octanol–water partition coefficient (Wildman–Crippen LogP) is 1.61. The van der Waals surface area contributed by atoms with Gasteiger partial charge in [-0.15, -0.1) is 0 Å². The summed E-state index contributed by atoms with van der Waals surface area (Å²) in [5.74, 6) is 0. The fourth-order valence-electron chi connectivity index (χ4n) is 2.80. The lowest BCUT2D eigenvalue weighted by Gasteiger charge is -2.22. The highest BCUT2D eigenvalue weighted by molar-refractivity contribution is 5.12. The van der Waals surface area contributed by atoms with Crippen LogP contribution in [0.3, 0.4) is 0 Å². The molecule has 2 aliphatic rings. The van der Waals surface area contributed by atoms with E-state index in [1.54, 1.807) is 0 Å². The van der Waals surface area contributed by atoms with Gasteiger partial charge in [0, 0.05) is 13.0 Å². The molecule has 4 heteroatoms. The van der Waals surface area contributed by atoms with E-state index in [2.05, 4.69) is 11.4 Å². The van der Waals surface area contributed by atoms with E-state index < -0.39 is 0 Å². The van der Waals surface area contributed by atoms with Crippen LogP contribution in [0.4, 0.5) is 0 Å². The van der Waals surface area contributed by atoms with Crippen molar-refractivity contribution in [1.29, 1.82) is 5.26 Å². The number of nitriles is 1. The molecule has 0 aromatic rings. The van der Waals surface area contributed by atoms with Gasteiger partial charge in [0.1, 0.15) is 5.54 Å². The first-order chi connectivity index (χ1) is 8.28. The second-order valence-electron chi connectivity index (χ2n) is 5.06. The number of nitrogens with one attached hydrogen (secondary N) is 1. The highest BCUT2D eigenvalue weighted by atomic mass is 16.5. The highest BCUT2D eigenvalue weighted by Crippen LogP contribution is 2.31. The van der Waals surface area contributed by atoms with E-state index in [4.69, 9.17) is 9.47 Å². The van der Waals surface area contributed by atoms with E-state index in [1.165, 1.54) is 0 Å². The van der Waals surface area contributed by atoms with E-state index in [-0.39, 0.29) is 17.7 Å². The van der Waals surface area contributed by atoms with Gasteiger partial charge in [-0.1, -0.05) is 6.92 Å². The molecule has 1 aliphatic carbocycles. The maximum Gasteiger partial charge on any atom is 0.109 e. The molecule has 3 atom stereocenters. The average molecular weight is 238 g/mol. The summed E-state index contributed by atoms with van der Waals surface area (Å²) in [5, 5.41) is 12.5. The third-order valence-corrected chi connectivity index (χ3v) is 3.74. The van der Waals surface area contributed by atoms with Crippen LogP contribution >= 0.6 is 0 Å². The summed E-state index contributed by atoms with van der Waals surface area (Å²) in [4.78, 5) is 0. The van der Waals surface area contributed by atoms with Gasteiger partial charge >= 0.3 is 0 Å². The van der Waals surface area contributed by atoms with Crippen molar-refractivity contribution in [2.75, 3.05) is 19.8 Å². The first kappa shape index (κ1) is 12.8. The number of hydrogen-bond donors (Lipinski definition) is 1. The van der Waals surface area contributed by atoms with Gasteiger partial charge in [-0.25, -0.2) is 0 Å². The van der Waals surface area contributed by atoms with Gasteiger partial charge in [0.05, 0.1) is 24.9 Å². The third kappa shape index (κ3) is 3.19. The van der Waals surface area contributed by atoms with Gasteiger partial charge in [-0.05, 0) is 32.2 Å². The van der Waals surface area contributed by atoms with Crippen LogP contribution in [0.5, 0.6) is 0 Å². The minimum absolute atomic E-state index is 0.220. The Morgan fingerprint density at radius 1 is 1.53 bits per heavy atom. The van der Waals surface area contributed by atoms with Crippen molar-refractivity contribution < 1.29 is 9.47 Å². The SMILES string of the molecule is CCNC1(C#N)CCC(OCC2CCCO2)C1. The van der Waals surface area contributed by atoms with Crippen LogP contribution in [0.1, 0.15) is 39.0 Å².